The van der Waals surface area contributed by atoms with Crippen LogP contribution in [0.5, 0.6) is 0 Å². The molecule has 0 fully saturated rings. The number of hydrogen-bond acceptors (Lipinski definition) is 4. The second-order valence-corrected chi connectivity index (χ2v) is 9.84. The Kier molecular flexibility index (Phi) is 14.1. The van der Waals surface area contributed by atoms with Gasteiger partial charge in [-0.15, -0.1) is 0 Å². The van der Waals surface area contributed by atoms with E-state index in [4.69, 9.17) is 4.74 Å². The Morgan fingerprint density at radius 2 is 1.11 bits per heavy atom. The van der Waals surface area contributed by atoms with Gasteiger partial charge in [0, 0.05) is 5.41 Å². The summed E-state index contributed by atoms with van der Waals surface area (Å²) in [5.74, 6) is 0.505. The third kappa shape index (κ3) is 9.47. The molecule has 0 unspecified atom stereocenters. The first kappa shape index (κ1) is 32.9. The van der Waals surface area contributed by atoms with E-state index in [-0.39, 0.29) is 26.7 Å². The Hall–Kier alpha value is -4.09. The van der Waals surface area contributed by atoms with Crippen molar-refractivity contribution in [1.29, 1.82) is 0 Å². The zero-order valence-corrected chi connectivity index (χ0v) is 22.9. The summed E-state index contributed by atoms with van der Waals surface area (Å²) in [5.41, 5.74) is 1.65. The minimum Gasteiger partial charge on any atom is -0.508 e. The molecule has 0 saturated heterocycles. The van der Waals surface area contributed by atoms with Crippen molar-refractivity contribution < 1.29 is 18.3 Å². The molecule has 0 spiro atoms. The lowest BCUT2D eigenvalue weighted by atomic mass is 9.76. The highest BCUT2D eigenvalue weighted by molar-refractivity contribution is 7.99. The van der Waals surface area contributed by atoms with Crippen LogP contribution in [-0.4, -0.2) is 13.5 Å². The molecule has 0 amide bonds. The molecule has 0 aromatic carbocycles. The molecular weight excluding hydrogens is 480 g/mol. The van der Waals surface area contributed by atoms with Crippen molar-refractivity contribution >= 4 is 9.84 Å². The number of allylic oxidation sites excluding steroid dienone is 16. The summed E-state index contributed by atoms with van der Waals surface area (Å²) in [6.07, 6.45) is 20.9. The number of hydrogen-bond donors (Lipinski definition) is 1. The molecule has 4 nitrogen and oxygen atoms in total. The first-order chi connectivity index (χ1) is 17.4. The molecule has 0 saturated carbocycles. The van der Waals surface area contributed by atoms with Gasteiger partial charge in [0.25, 0.3) is 0 Å². The largest absolute Gasteiger partial charge is 0.508 e. The van der Waals surface area contributed by atoms with Gasteiger partial charge in [-0.1, -0.05) is 96.4 Å². The van der Waals surface area contributed by atoms with Gasteiger partial charge in [-0.25, -0.2) is 8.42 Å². The Labute approximate surface area is 223 Å². The van der Waals surface area contributed by atoms with E-state index in [1.807, 2.05) is 25.2 Å². The van der Waals surface area contributed by atoms with Crippen LogP contribution in [-0.2, 0) is 14.6 Å². The van der Waals surface area contributed by atoms with E-state index < -0.39 is 9.84 Å². The van der Waals surface area contributed by atoms with E-state index in [2.05, 4.69) is 59.9 Å². The average molecular weight is 519 g/mol. The topological polar surface area (TPSA) is 63.6 Å². The van der Waals surface area contributed by atoms with Crippen molar-refractivity contribution in [2.45, 2.75) is 20.8 Å². The normalized spacial score (nSPS) is 14.9. The van der Waals surface area contributed by atoms with Crippen molar-refractivity contribution in [3.63, 3.8) is 0 Å². The molecule has 0 radical (unpaired) electrons. The lowest BCUT2D eigenvalue weighted by molar-refractivity contribution is 0.336. The smallest absolute Gasteiger partial charge is 0.206 e. The Morgan fingerprint density at radius 3 is 1.49 bits per heavy atom. The quantitative estimate of drug-likeness (QED) is 0.164. The van der Waals surface area contributed by atoms with Gasteiger partial charge >= 0.3 is 0 Å². The Balaban J connectivity index is 6.38. The van der Waals surface area contributed by atoms with Gasteiger partial charge in [0.05, 0.1) is 9.81 Å². The molecule has 0 aliphatic rings. The fourth-order valence-electron chi connectivity index (χ4n) is 3.10. The van der Waals surface area contributed by atoms with Gasteiger partial charge in [0.2, 0.25) is 9.84 Å². The fraction of sp³-hybridized carbons (Fsp3) is 0.125. The third-order valence-electron chi connectivity index (χ3n) is 5.32. The predicted molar refractivity (Wildman–Crippen MR) is 160 cm³/mol. The van der Waals surface area contributed by atoms with E-state index in [9.17, 15) is 13.5 Å². The maximum atomic E-state index is 13.0. The number of sulfone groups is 1. The van der Waals surface area contributed by atoms with E-state index >= 15 is 0 Å². The van der Waals surface area contributed by atoms with Crippen LogP contribution in [0.25, 0.3) is 0 Å². The molecule has 0 atom stereocenters. The van der Waals surface area contributed by atoms with E-state index in [0.29, 0.717) is 5.76 Å². The van der Waals surface area contributed by atoms with Crippen molar-refractivity contribution in [3.05, 3.63) is 169 Å². The fourth-order valence-corrected chi connectivity index (χ4v) is 4.30. The molecule has 5 heteroatoms. The number of ether oxygens (including phenoxy) is 1. The minimum atomic E-state index is -3.97. The van der Waals surface area contributed by atoms with Crippen molar-refractivity contribution in [3.8, 4) is 0 Å². The molecule has 196 valence electrons. The standard InChI is InChI=1S/C32H38O4S/c1-11-25(12-2)32(9,10)26(13-3)19-21-28(15-5)36-29(16-6)22-24-31(18-8)37(34,35)30(17-7)23-20-27(33)14-4/h11-24,33H,1,3-8H2,2,9-10H3/b25-12+,26-19+,27-20+,28-21+,29-22+,30-23+,31-24+. The molecular formula is C32H38O4S. The van der Waals surface area contributed by atoms with Gasteiger partial charge < -0.3 is 9.84 Å². The van der Waals surface area contributed by atoms with Gasteiger partial charge in [0.1, 0.15) is 17.3 Å². The monoisotopic (exact) mass is 518 g/mol. The molecule has 0 rings (SSSR count). The first-order valence-corrected chi connectivity index (χ1v) is 12.8. The average Bonchev–Trinajstić information content (AvgIpc) is 2.87. The Morgan fingerprint density at radius 1 is 0.649 bits per heavy atom. The molecule has 0 bridgehead atoms. The third-order valence-corrected chi connectivity index (χ3v) is 7.17. The van der Waals surface area contributed by atoms with Gasteiger partial charge in [0.15, 0.2) is 0 Å². The molecule has 0 aromatic rings. The summed E-state index contributed by atoms with van der Waals surface area (Å²) in [7, 11) is -3.97. The van der Waals surface area contributed by atoms with Crippen LogP contribution in [0.4, 0.5) is 0 Å². The van der Waals surface area contributed by atoms with Crippen LogP contribution in [0, 0.1) is 5.41 Å². The number of aliphatic hydroxyl groups excluding tert-OH is 1. The highest BCUT2D eigenvalue weighted by Crippen LogP contribution is 2.36. The lowest BCUT2D eigenvalue weighted by Crippen LogP contribution is -2.15. The van der Waals surface area contributed by atoms with Gasteiger partial charge in [-0.2, -0.15) is 0 Å². The molecule has 37 heavy (non-hydrogen) atoms. The highest BCUT2D eigenvalue weighted by atomic mass is 32.2. The SMILES string of the molecule is C=C/C(O)=C\C=C(/C=C)S(=O)(=O)/C(C=C)=C/C=C(\C=C)O/C(C=C)=C/C=C(\C=C)C(C)(C)/C(C=C)=C/C. The molecule has 0 heterocycles. The Bertz CT molecular complexity index is 1250. The summed E-state index contributed by atoms with van der Waals surface area (Å²) in [4.78, 5) is -0.228. The van der Waals surface area contributed by atoms with Crippen LogP contribution < -0.4 is 0 Å². The maximum absolute atomic E-state index is 13.0. The van der Waals surface area contributed by atoms with E-state index in [1.165, 1.54) is 54.7 Å². The van der Waals surface area contributed by atoms with E-state index in [1.54, 1.807) is 12.2 Å². The summed E-state index contributed by atoms with van der Waals surface area (Å²) < 4.78 is 31.9. The second-order valence-electron chi connectivity index (χ2n) is 7.89. The minimum absolute atomic E-state index is 0.101. The van der Waals surface area contributed by atoms with Crippen molar-refractivity contribution in [2.75, 3.05) is 0 Å². The van der Waals surface area contributed by atoms with Crippen LogP contribution >= 0.6 is 0 Å². The molecule has 0 aliphatic carbocycles. The first-order valence-electron chi connectivity index (χ1n) is 11.3. The summed E-state index contributed by atoms with van der Waals surface area (Å²) in [5, 5.41) is 9.54. The highest BCUT2D eigenvalue weighted by Gasteiger charge is 2.23. The summed E-state index contributed by atoms with van der Waals surface area (Å²) in [6, 6.07) is 0. The van der Waals surface area contributed by atoms with Crippen molar-refractivity contribution in [2.24, 2.45) is 5.41 Å². The lowest BCUT2D eigenvalue weighted by Gasteiger charge is -2.27. The van der Waals surface area contributed by atoms with Crippen LogP contribution in [0.1, 0.15) is 20.8 Å². The number of rotatable bonds is 16. The molecule has 1 N–H and O–H groups in total. The summed E-state index contributed by atoms with van der Waals surface area (Å²) in [6.45, 7) is 32.0. The van der Waals surface area contributed by atoms with Gasteiger partial charge in [-0.3, -0.25) is 0 Å². The maximum Gasteiger partial charge on any atom is 0.206 e. The van der Waals surface area contributed by atoms with E-state index in [0.717, 1.165) is 11.1 Å². The summed E-state index contributed by atoms with van der Waals surface area (Å²) >= 11 is 0. The van der Waals surface area contributed by atoms with Crippen LogP contribution in [0.2, 0.25) is 0 Å². The van der Waals surface area contributed by atoms with Crippen LogP contribution in [0.3, 0.4) is 0 Å². The van der Waals surface area contributed by atoms with Crippen LogP contribution in [0.15, 0.2) is 169 Å². The predicted octanol–water partition coefficient (Wildman–Crippen LogP) is 8.60. The zero-order valence-electron chi connectivity index (χ0n) is 22.1. The molecule has 0 aliphatic heterocycles. The number of aliphatic hydroxyl groups is 1. The van der Waals surface area contributed by atoms with Gasteiger partial charge in [-0.05, 0) is 66.7 Å². The second kappa shape index (κ2) is 15.8. The zero-order chi connectivity index (χ0) is 28.6. The molecule has 0 aromatic heterocycles. The van der Waals surface area contributed by atoms with Crippen molar-refractivity contribution in [1.82, 2.24) is 0 Å².